The average molecular weight is 430 g/mol. The third-order valence-corrected chi connectivity index (χ3v) is 5.93. The fourth-order valence-electron chi connectivity index (χ4n) is 4.06. The lowest BCUT2D eigenvalue weighted by Crippen LogP contribution is -2.43. The van der Waals surface area contributed by atoms with Crippen LogP contribution in [0.5, 0.6) is 0 Å². The maximum atomic E-state index is 12.9. The quantitative estimate of drug-likeness (QED) is 0.555. The van der Waals surface area contributed by atoms with Crippen LogP contribution in [-0.2, 0) is 16.1 Å². The number of esters is 1. The third kappa shape index (κ3) is 4.71. The van der Waals surface area contributed by atoms with E-state index in [0.717, 1.165) is 37.0 Å². The highest BCUT2D eigenvalue weighted by molar-refractivity contribution is 5.85. The topological polar surface area (TPSA) is 82.4 Å². The number of aromatic nitrogens is 2. The molecular weight excluding hydrogens is 402 g/mol. The molecule has 1 fully saturated rings. The van der Waals surface area contributed by atoms with Gasteiger partial charge in [0.15, 0.2) is 11.7 Å². The first-order chi connectivity index (χ1) is 15.6. The fourth-order valence-corrected chi connectivity index (χ4v) is 4.06. The smallest absolute Gasteiger partial charge is 0.330 e. The monoisotopic (exact) mass is 429 g/mol. The number of fused-ring (bicyclic) bond motifs is 1. The van der Waals surface area contributed by atoms with Crippen molar-refractivity contribution < 1.29 is 9.53 Å². The van der Waals surface area contributed by atoms with Crippen LogP contribution in [0.25, 0.3) is 11.0 Å². The zero-order valence-corrected chi connectivity index (χ0v) is 18.4. The number of ether oxygens (including phenoxy) is 1. The van der Waals surface area contributed by atoms with Crippen molar-refractivity contribution in [1.82, 2.24) is 14.9 Å². The Morgan fingerprint density at radius 2 is 1.72 bits per heavy atom. The number of carbonyl (C=O) groups excluding carboxylic acids is 1. The van der Waals surface area contributed by atoms with Crippen LogP contribution in [-0.4, -0.2) is 54.1 Å². The van der Waals surface area contributed by atoms with E-state index >= 15 is 0 Å². The Morgan fingerprint density at radius 3 is 2.34 bits per heavy atom. The van der Waals surface area contributed by atoms with Crippen molar-refractivity contribution >= 4 is 22.8 Å². The summed E-state index contributed by atoms with van der Waals surface area (Å²) in [5.41, 5.74) is 2.64. The van der Waals surface area contributed by atoms with Crippen molar-refractivity contribution in [2.75, 3.05) is 32.1 Å². The molecule has 2 heterocycles. The lowest BCUT2D eigenvalue weighted by molar-refractivity contribution is -0.145. The standard InChI is InChI=1S/C25H27N5O2/c1-29(2)19-12-14-30(15-13-19)24-23(27-21-10-6-7-11-22(21)28-24)20(16-26)25(31)32-17-18-8-4-3-5-9-18/h3-11,19-20H,12-15,17H2,1-2H3. The number of carbonyl (C=O) groups is 1. The molecule has 1 aliphatic rings. The van der Waals surface area contributed by atoms with E-state index in [4.69, 9.17) is 14.7 Å². The van der Waals surface area contributed by atoms with Crippen LogP contribution >= 0.6 is 0 Å². The van der Waals surface area contributed by atoms with E-state index in [0.29, 0.717) is 23.1 Å². The molecule has 2 aromatic carbocycles. The second-order valence-electron chi connectivity index (χ2n) is 8.26. The first kappa shape index (κ1) is 21.7. The van der Waals surface area contributed by atoms with Gasteiger partial charge in [-0.05, 0) is 44.6 Å². The van der Waals surface area contributed by atoms with E-state index in [2.05, 4.69) is 30.0 Å². The molecule has 0 bridgehead atoms. The number of rotatable bonds is 6. The second-order valence-corrected chi connectivity index (χ2v) is 8.26. The second kappa shape index (κ2) is 9.75. The van der Waals surface area contributed by atoms with E-state index in [1.54, 1.807) is 0 Å². The minimum atomic E-state index is -1.14. The molecule has 1 atom stereocenters. The summed E-state index contributed by atoms with van der Waals surface area (Å²) in [5.74, 6) is -1.15. The minimum Gasteiger partial charge on any atom is -0.460 e. The number of hydrogen-bond acceptors (Lipinski definition) is 7. The molecule has 3 aromatic rings. The molecule has 4 rings (SSSR count). The molecule has 0 N–H and O–H groups in total. The molecule has 7 heteroatoms. The zero-order valence-electron chi connectivity index (χ0n) is 18.4. The van der Waals surface area contributed by atoms with Crippen LogP contribution in [0.1, 0.15) is 30.0 Å². The lowest BCUT2D eigenvalue weighted by atomic mass is 10.0. The van der Waals surface area contributed by atoms with E-state index in [1.165, 1.54) is 0 Å². The summed E-state index contributed by atoms with van der Waals surface area (Å²) >= 11 is 0. The van der Waals surface area contributed by atoms with Gasteiger partial charge in [-0.25, -0.2) is 9.97 Å². The van der Waals surface area contributed by atoms with Gasteiger partial charge in [-0.15, -0.1) is 0 Å². The minimum absolute atomic E-state index is 0.114. The first-order valence-electron chi connectivity index (χ1n) is 10.8. The van der Waals surface area contributed by atoms with E-state index in [-0.39, 0.29) is 6.61 Å². The summed E-state index contributed by atoms with van der Waals surface area (Å²) in [6.45, 7) is 1.70. The zero-order chi connectivity index (χ0) is 22.5. The predicted octanol–water partition coefficient (Wildman–Crippen LogP) is 3.51. The van der Waals surface area contributed by atoms with Crippen molar-refractivity contribution in [2.45, 2.75) is 31.4 Å². The van der Waals surface area contributed by atoms with E-state index < -0.39 is 11.9 Å². The lowest BCUT2D eigenvalue weighted by Gasteiger charge is -2.36. The molecule has 0 aliphatic carbocycles. The Labute approximate surface area is 188 Å². The maximum Gasteiger partial charge on any atom is 0.330 e. The fraction of sp³-hybridized carbons (Fsp3) is 0.360. The third-order valence-electron chi connectivity index (χ3n) is 5.93. The molecule has 1 aliphatic heterocycles. The molecule has 164 valence electrons. The number of hydrogen-bond donors (Lipinski definition) is 0. The van der Waals surface area contributed by atoms with Crippen LogP contribution < -0.4 is 4.90 Å². The highest BCUT2D eigenvalue weighted by Gasteiger charge is 2.31. The first-order valence-corrected chi connectivity index (χ1v) is 10.8. The highest BCUT2D eigenvalue weighted by Crippen LogP contribution is 2.30. The van der Waals surface area contributed by atoms with Crippen LogP contribution in [0.3, 0.4) is 0 Å². The Hall–Kier alpha value is -3.50. The predicted molar refractivity (Wildman–Crippen MR) is 123 cm³/mol. The van der Waals surface area contributed by atoms with Gasteiger partial charge in [-0.2, -0.15) is 5.26 Å². The number of nitrogens with zero attached hydrogens (tertiary/aromatic N) is 5. The largest absolute Gasteiger partial charge is 0.460 e. The van der Waals surface area contributed by atoms with Crippen molar-refractivity contribution in [3.05, 3.63) is 65.9 Å². The van der Waals surface area contributed by atoms with Gasteiger partial charge >= 0.3 is 5.97 Å². The Morgan fingerprint density at radius 1 is 1.09 bits per heavy atom. The summed E-state index contributed by atoms with van der Waals surface area (Å²) in [7, 11) is 4.19. The number of benzene rings is 2. The van der Waals surface area contributed by atoms with Gasteiger partial charge in [0.25, 0.3) is 0 Å². The van der Waals surface area contributed by atoms with Gasteiger partial charge < -0.3 is 14.5 Å². The highest BCUT2D eigenvalue weighted by atomic mass is 16.5. The molecule has 7 nitrogen and oxygen atoms in total. The summed E-state index contributed by atoms with van der Waals surface area (Å²) in [4.78, 5) is 26.8. The average Bonchev–Trinajstić information content (AvgIpc) is 2.83. The molecule has 0 amide bonds. The Bertz CT molecular complexity index is 1120. The van der Waals surface area contributed by atoms with Gasteiger partial charge in [0, 0.05) is 19.1 Å². The number of piperidine rings is 1. The molecule has 32 heavy (non-hydrogen) atoms. The van der Waals surface area contributed by atoms with Crippen molar-refractivity contribution in [2.24, 2.45) is 0 Å². The summed E-state index contributed by atoms with van der Waals surface area (Å²) in [6.07, 6.45) is 1.97. The summed E-state index contributed by atoms with van der Waals surface area (Å²) < 4.78 is 5.48. The molecule has 0 saturated carbocycles. The van der Waals surface area contributed by atoms with Gasteiger partial charge in [0.05, 0.1) is 17.1 Å². The maximum absolute atomic E-state index is 12.9. The van der Waals surface area contributed by atoms with Gasteiger partial charge in [0.1, 0.15) is 12.3 Å². The number of anilines is 1. The van der Waals surface area contributed by atoms with Crippen LogP contribution in [0.2, 0.25) is 0 Å². The van der Waals surface area contributed by atoms with Crippen LogP contribution in [0, 0.1) is 11.3 Å². The molecule has 0 spiro atoms. The van der Waals surface area contributed by atoms with E-state index in [1.807, 2.05) is 54.6 Å². The van der Waals surface area contributed by atoms with E-state index in [9.17, 15) is 10.1 Å². The van der Waals surface area contributed by atoms with Crippen LogP contribution in [0.4, 0.5) is 5.82 Å². The van der Waals surface area contributed by atoms with Gasteiger partial charge in [-0.1, -0.05) is 42.5 Å². The van der Waals surface area contributed by atoms with Crippen molar-refractivity contribution in [1.29, 1.82) is 5.26 Å². The summed E-state index contributed by atoms with van der Waals surface area (Å²) in [6, 6.07) is 19.6. The molecule has 0 radical (unpaired) electrons. The van der Waals surface area contributed by atoms with Gasteiger partial charge in [-0.3, -0.25) is 4.79 Å². The normalized spacial score (nSPS) is 15.5. The molecule has 1 unspecified atom stereocenters. The summed E-state index contributed by atoms with van der Waals surface area (Å²) in [5, 5.41) is 9.91. The number of para-hydroxylation sites is 2. The molecule has 1 aromatic heterocycles. The molecule has 1 saturated heterocycles. The Balaban J connectivity index is 1.64. The Kier molecular flexibility index (Phi) is 6.62. The van der Waals surface area contributed by atoms with Crippen LogP contribution in [0.15, 0.2) is 54.6 Å². The SMILES string of the molecule is CN(C)C1CCN(c2nc3ccccc3nc2C(C#N)C(=O)OCc2ccccc2)CC1. The van der Waals surface area contributed by atoms with Crippen molar-refractivity contribution in [3.8, 4) is 6.07 Å². The number of nitriles is 1. The van der Waals surface area contributed by atoms with Crippen molar-refractivity contribution in [3.63, 3.8) is 0 Å². The molecular formula is C25H27N5O2. The van der Waals surface area contributed by atoms with Gasteiger partial charge in [0.2, 0.25) is 0 Å².